The van der Waals surface area contributed by atoms with Crippen LogP contribution in [0.1, 0.15) is 11.1 Å². The summed E-state index contributed by atoms with van der Waals surface area (Å²) in [6.45, 7) is 0.820. The maximum absolute atomic E-state index is 9.92. The van der Waals surface area contributed by atoms with Gasteiger partial charge in [0.25, 0.3) is 0 Å². The Morgan fingerprint density at radius 3 is 2.42 bits per heavy atom. The van der Waals surface area contributed by atoms with Crippen molar-refractivity contribution < 1.29 is 9.84 Å². The lowest BCUT2D eigenvalue weighted by atomic mass is 10.1. The number of hydrogen-bond acceptors (Lipinski definition) is 2. The van der Waals surface area contributed by atoms with Gasteiger partial charge in [-0.05, 0) is 17.2 Å². The molecule has 2 aromatic carbocycles. The summed E-state index contributed by atoms with van der Waals surface area (Å²) < 4.78 is 5.50. The summed E-state index contributed by atoms with van der Waals surface area (Å²) >= 11 is 6.05. The van der Waals surface area contributed by atoms with Crippen LogP contribution in [0.2, 0.25) is 5.02 Å². The number of aliphatic hydroxyl groups excluding tert-OH is 1. The monoisotopic (exact) mass is 276 g/mol. The molecule has 0 aliphatic heterocycles. The third kappa shape index (κ3) is 4.67. The lowest BCUT2D eigenvalue weighted by Gasteiger charge is -2.12. The molecule has 2 nitrogen and oxygen atoms in total. The van der Waals surface area contributed by atoms with E-state index in [1.54, 1.807) is 0 Å². The molecule has 0 radical (unpaired) electrons. The molecule has 0 bridgehead atoms. The molecule has 1 atom stereocenters. The smallest absolute Gasteiger partial charge is 0.0814 e. The van der Waals surface area contributed by atoms with Crippen LogP contribution in [0.4, 0.5) is 0 Å². The number of hydrogen-bond donors (Lipinski definition) is 1. The highest BCUT2D eigenvalue weighted by atomic mass is 35.5. The topological polar surface area (TPSA) is 29.5 Å². The summed E-state index contributed by atoms with van der Waals surface area (Å²) in [5, 5.41) is 10.6. The molecule has 19 heavy (non-hydrogen) atoms. The predicted octanol–water partition coefficient (Wildman–Crippen LogP) is 3.46. The van der Waals surface area contributed by atoms with Crippen molar-refractivity contribution in [1.82, 2.24) is 0 Å². The molecular weight excluding hydrogens is 260 g/mol. The van der Waals surface area contributed by atoms with Gasteiger partial charge >= 0.3 is 0 Å². The van der Waals surface area contributed by atoms with Crippen LogP contribution in [0.3, 0.4) is 0 Å². The van der Waals surface area contributed by atoms with Gasteiger partial charge in [-0.25, -0.2) is 0 Å². The van der Waals surface area contributed by atoms with Crippen molar-refractivity contribution in [3.63, 3.8) is 0 Å². The van der Waals surface area contributed by atoms with Crippen molar-refractivity contribution in [2.75, 3.05) is 6.61 Å². The second-order valence-corrected chi connectivity index (χ2v) is 4.86. The molecule has 0 fully saturated rings. The van der Waals surface area contributed by atoms with Crippen molar-refractivity contribution in [2.45, 2.75) is 19.1 Å². The van der Waals surface area contributed by atoms with Gasteiger partial charge in [-0.1, -0.05) is 60.1 Å². The third-order valence-electron chi connectivity index (χ3n) is 2.84. The molecule has 3 heteroatoms. The second-order valence-electron chi connectivity index (χ2n) is 4.45. The van der Waals surface area contributed by atoms with Gasteiger partial charge in [0.1, 0.15) is 0 Å². The number of benzene rings is 2. The molecule has 0 spiro atoms. The number of ether oxygens (including phenoxy) is 1. The van der Waals surface area contributed by atoms with E-state index in [1.165, 1.54) is 0 Å². The van der Waals surface area contributed by atoms with Gasteiger partial charge in [-0.3, -0.25) is 0 Å². The lowest BCUT2D eigenvalue weighted by Crippen LogP contribution is -2.18. The minimum atomic E-state index is -0.538. The Morgan fingerprint density at radius 2 is 1.68 bits per heavy atom. The van der Waals surface area contributed by atoms with E-state index in [0.717, 1.165) is 11.1 Å². The first kappa shape index (κ1) is 14.1. The number of halogens is 1. The van der Waals surface area contributed by atoms with Crippen molar-refractivity contribution in [1.29, 1.82) is 0 Å². The molecular formula is C16H17ClO2. The van der Waals surface area contributed by atoms with Crippen LogP contribution in [0.15, 0.2) is 54.6 Å². The molecule has 0 aliphatic rings. The van der Waals surface area contributed by atoms with Gasteiger partial charge in [0.15, 0.2) is 0 Å². The zero-order valence-corrected chi connectivity index (χ0v) is 11.4. The first-order chi connectivity index (χ1) is 9.25. The van der Waals surface area contributed by atoms with Gasteiger partial charge in [0, 0.05) is 11.4 Å². The number of aliphatic hydroxyl groups is 1. The minimum Gasteiger partial charge on any atom is -0.390 e. The Kier molecular flexibility index (Phi) is 5.40. The first-order valence-corrected chi connectivity index (χ1v) is 6.66. The first-order valence-electron chi connectivity index (χ1n) is 6.29. The van der Waals surface area contributed by atoms with E-state index >= 15 is 0 Å². The molecule has 0 heterocycles. The van der Waals surface area contributed by atoms with Crippen LogP contribution in [-0.2, 0) is 17.8 Å². The minimum absolute atomic E-state index is 0.306. The van der Waals surface area contributed by atoms with Crippen LogP contribution in [0.5, 0.6) is 0 Å². The number of rotatable bonds is 6. The molecule has 0 saturated carbocycles. The standard InChI is InChI=1S/C16H17ClO2/c17-16-9-5-4-8-14(16)10-15(18)12-19-11-13-6-2-1-3-7-13/h1-9,15,18H,10-12H2. The molecule has 0 amide bonds. The summed E-state index contributed by atoms with van der Waals surface area (Å²) in [4.78, 5) is 0. The van der Waals surface area contributed by atoms with Gasteiger partial charge in [-0.2, -0.15) is 0 Å². The average molecular weight is 277 g/mol. The summed E-state index contributed by atoms with van der Waals surface area (Å²) in [5.74, 6) is 0. The average Bonchev–Trinajstić information content (AvgIpc) is 2.43. The fraction of sp³-hybridized carbons (Fsp3) is 0.250. The zero-order chi connectivity index (χ0) is 13.5. The van der Waals surface area contributed by atoms with Crippen molar-refractivity contribution in [3.05, 3.63) is 70.7 Å². The molecule has 2 aromatic rings. The van der Waals surface area contributed by atoms with Gasteiger partial charge in [0.05, 0.1) is 19.3 Å². The Labute approximate surface area is 118 Å². The highest BCUT2D eigenvalue weighted by molar-refractivity contribution is 6.31. The third-order valence-corrected chi connectivity index (χ3v) is 3.20. The Bertz CT molecular complexity index is 499. The van der Waals surface area contributed by atoms with E-state index in [9.17, 15) is 5.11 Å². The normalized spacial score (nSPS) is 12.3. The predicted molar refractivity (Wildman–Crippen MR) is 77.3 cm³/mol. The summed E-state index contributed by atoms with van der Waals surface area (Å²) in [7, 11) is 0. The highest BCUT2D eigenvalue weighted by Gasteiger charge is 2.08. The van der Waals surface area contributed by atoms with Gasteiger partial charge in [0.2, 0.25) is 0 Å². The highest BCUT2D eigenvalue weighted by Crippen LogP contribution is 2.16. The van der Waals surface area contributed by atoms with Crippen LogP contribution in [0, 0.1) is 0 Å². The summed E-state index contributed by atoms with van der Waals surface area (Å²) in [6.07, 6.45) is -0.0299. The lowest BCUT2D eigenvalue weighted by molar-refractivity contribution is 0.0289. The molecule has 2 rings (SSSR count). The summed E-state index contributed by atoms with van der Waals surface area (Å²) in [5.41, 5.74) is 2.05. The van der Waals surface area contributed by atoms with E-state index in [-0.39, 0.29) is 0 Å². The Balaban J connectivity index is 1.76. The Morgan fingerprint density at radius 1 is 1.00 bits per heavy atom. The van der Waals surface area contributed by atoms with Crippen molar-refractivity contribution in [2.24, 2.45) is 0 Å². The quantitative estimate of drug-likeness (QED) is 0.875. The molecule has 0 saturated heterocycles. The largest absolute Gasteiger partial charge is 0.390 e. The van der Waals surface area contributed by atoms with E-state index in [4.69, 9.17) is 16.3 Å². The van der Waals surface area contributed by atoms with Crippen LogP contribution >= 0.6 is 11.6 Å². The second kappa shape index (κ2) is 7.29. The molecule has 1 unspecified atom stereocenters. The Hall–Kier alpha value is -1.35. The molecule has 0 aliphatic carbocycles. The maximum atomic E-state index is 9.92. The molecule has 1 N–H and O–H groups in total. The van der Waals surface area contributed by atoms with E-state index in [2.05, 4.69) is 0 Å². The van der Waals surface area contributed by atoms with Crippen molar-refractivity contribution in [3.8, 4) is 0 Å². The van der Waals surface area contributed by atoms with E-state index in [0.29, 0.717) is 24.7 Å². The molecule has 100 valence electrons. The molecule has 0 aromatic heterocycles. The van der Waals surface area contributed by atoms with Gasteiger partial charge < -0.3 is 9.84 Å². The maximum Gasteiger partial charge on any atom is 0.0814 e. The van der Waals surface area contributed by atoms with Gasteiger partial charge in [-0.15, -0.1) is 0 Å². The van der Waals surface area contributed by atoms with Crippen LogP contribution in [-0.4, -0.2) is 17.8 Å². The van der Waals surface area contributed by atoms with E-state index in [1.807, 2.05) is 54.6 Å². The fourth-order valence-corrected chi connectivity index (χ4v) is 2.08. The fourth-order valence-electron chi connectivity index (χ4n) is 1.86. The summed E-state index contributed by atoms with van der Waals surface area (Å²) in [6, 6.07) is 17.5. The van der Waals surface area contributed by atoms with Crippen molar-refractivity contribution >= 4 is 11.6 Å². The zero-order valence-electron chi connectivity index (χ0n) is 10.6. The van der Waals surface area contributed by atoms with Crippen LogP contribution in [0.25, 0.3) is 0 Å². The van der Waals surface area contributed by atoms with Crippen LogP contribution < -0.4 is 0 Å². The van der Waals surface area contributed by atoms with E-state index < -0.39 is 6.10 Å². The SMILES string of the molecule is OC(COCc1ccccc1)Cc1ccccc1Cl.